The van der Waals surface area contributed by atoms with Gasteiger partial charge in [0.15, 0.2) is 5.13 Å². The van der Waals surface area contributed by atoms with Crippen LogP contribution in [0.25, 0.3) is 33.0 Å². The highest BCUT2D eigenvalue weighted by Gasteiger charge is 2.13. The zero-order valence-corrected chi connectivity index (χ0v) is 15.9. The predicted molar refractivity (Wildman–Crippen MR) is 116 cm³/mol. The van der Waals surface area contributed by atoms with Gasteiger partial charge in [0.1, 0.15) is 5.58 Å². The van der Waals surface area contributed by atoms with E-state index in [4.69, 9.17) is 4.42 Å². The highest BCUT2D eigenvalue weighted by atomic mass is 32.1. The van der Waals surface area contributed by atoms with E-state index in [2.05, 4.69) is 16.4 Å². The standard InChI is InChI=1S/C23H16N2O2S/c1-14-5-4-7-16(11-14)24-23-25-20(13-28-23)19-12-18-17-8-3-2-6-15(17)9-10-21(18)27-22(19)26/h2-13H,1H3,(H,24,25). The maximum atomic E-state index is 12.6. The molecule has 0 spiro atoms. The first-order chi connectivity index (χ1) is 13.7. The summed E-state index contributed by atoms with van der Waals surface area (Å²) in [5.41, 5.74) is 3.43. The Labute approximate surface area is 165 Å². The van der Waals surface area contributed by atoms with Gasteiger partial charge in [-0.15, -0.1) is 11.3 Å². The zero-order valence-electron chi connectivity index (χ0n) is 15.1. The van der Waals surface area contributed by atoms with E-state index in [1.807, 2.05) is 73.0 Å². The van der Waals surface area contributed by atoms with Crippen LogP contribution < -0.4 is 10.9 Å². The van der Waals surface area contributed by atoms with Crippen LogP contribution >= 0.6 is 11.3 Å². The Morgan fingerprint density at radius 1 is 0.964 bits per heavy atom. The van der Waals surface area contributed by atoms with Crippen molar-refractivity contribution >= 4 is 43.9 Å². The van der Waals surface area contributed by atoms with Crippen LogP contribution in [0.5, 0.6) is 0 Å². The summed E-state index contributed by atoms with van der Waals surface area (Å²) in [6.07, 6.45) is 0. The van der Waals surface area contributed by atoms with E-state index in [1.165, 1.54) is 16.9 Å². The summed E-state index contributed by atoms with van der Waals surface area (Å²) >= 11 is 1.46. The van der Waals surface area contributed by atoms with Gasteiger partial charge in [0, 0.05) is 16.5 Å². The molecule has 3 aromatic carbocycles. The molecule has 5 heteroatoms. The van der Waals surface area contributed by atoms with Gasteiger partial charge >= 0.3 is 5.63 Å². The lowest BCUT2D eigenvalue weighted by Crippen LogP contribution is -2.03. The fourth-order valence-corrected chi connectivity index (χ4v) is 4.08. The van der Waals surface area contributed by atoms with E-state index in [0.717, 1.165) is 27.0 Å². The predicted octanol–water partition coefficient (Wildman–Crippen LogP) is 6.12. The van der Waals surface area contributed by atoms with Crippen molar-refractivity contribution in [2.45, 2.75) is 6.92 Å². The number of anilines is 2. The van der Waals surface area contributed by atoms with Crippen LogP contribution in [0.3, 0.4) is 0 Å². The second kappa shape index (κ2) is 6.62. The topological polar surface area (TPSA) is 55.1 Å². The van der Waals surface area contributed by atoms with Crippen LogP contribution in [0.4, 0.5) is 10.8 Å². The molecule has 0 saturated carbocycles. The molecule has 0 radical (unpaired) electrons. The number of aromatic nitrogens is 1. The van der Waals surface area contributed by atoms with Crippen molar-refractivity contribution in [2.24, 2.45) is 0 Å². The van der Waals surface area contributed by atoms with Crippen LogP contribution in [0.2, 0.25) is 0 Å². The summed E-state index contributed by atoms with van der Waals surface area (Å²) in [6.45, 7) is 2.04. The lowest BCUT2D eigenvalue weighted by molar-refractivity contribution is 0.563. The van der Waals surface area contributed by atoms with Gasteiger partial charge in [-0.05, 0) is 47.5 Å². The van der Waals surface area contributed by atoms with Gasteiger partial charge in [-0.1, -0.05) is 42.5 Å². The second-order valence-electron chi connectivity index (χ2n) is 6.68. The lowest BCUT2D eigenvalue weighted by atomic mass is 10.0. The molecule has 136 valence electrons. The Morgan fingerprint density at radius 3 is 2.75 bits per heavy atom. The molecule has 0 amide bonds. The molecule has 0 aliphatic carbocycles. The van der Waals surface area contributed by atoms with Gasteiger partial charge < -0.3 is 9.73 Å². The number of nitrogens with one attached hydrogen (secondary N) is 1. The average molecular weight is 384 g/mol. The monoisotopic (exact) mass is 384 g/mol. The quantitative estimate of drug-likeness (QED) is 0.301. The first-order valence-electron chi connectivity index (χ1n) is 8.92. The van der Waals surface area contributed by atoms with Gasteiger partial charge in [0.25, 0.3) is 0 Å². The summed E-state index contributed by atoms with van der Waals surface area (Å²) in [7, 11) is 0. The van der Waals surface area contributed by atoms with Crippen LogP contribution in [0.1, 0.15) is 5.56 Å². The Kier molecular flexibility index (Phi) is 3.95. The molecule has 0 aliphatic heterocycles. The van der Waals surface area contributed by atoms with Crippen molar-refractivity contribution < 1.29 is 4.42 Å². The second-order valence-corrected chi connectivity index (χ2v) is 7.54. The Morgan fingerprint density at radius 2 is 1.86 bits per heavy atom. The summed E-state index contributed by atoms with van der Waals surface area (Å²) in [6, 6.07) is 21.8. The van der Waals surface area contributed by atoms with Gasteiger partial charge in [-0.2, -0.15) is 0 Å². The van der Waals surface area contributed by atoms with E-state index >= 15 is 0 Å². The number of thiazole rings is 1. The first-order valence-corrected chi connectivity index (χ1v) is 9.80. The van der Waals surface area contributed by atoms with Crippen molar-refractivity contribution in [1.29, 1.82) is 0 Å². The van der Waals surface area contributed by atoms with Crippen molar-refractivity contribution in [1.82, 2.24) is 4.98 Å². The van der Waals surface area contributed by atoms with Crippen LogP contribution in [0, 0.1) is 6.92 Å². The fraction of sp³-hybridized carbons (Fsp3) is 0.0435. The third-order valence-corrected chi connectivity index (χ3v) is 5.45. The van der Waals surface area contributed by atoms with E-state index in [0.29, 0.717) is 16.8 Å². The van der Waals surface area contributed by atoms with Gasteiger partial charge in [0.2, 0.25) is 0 Å². The van der Waals surface area contributed by atoms with Gasteiger partial charge in [0.05, 0.1) is 11.3 Å². The number of hydrogen-bond acceptors (Lipinski definition) is 5. The maximum Gasteiger partial charge on any atom is 0.345 e. The maximum absolute atomic E-state index is 12.6. The van der Waals surface area contributed by atoms with Crippen LogP contribution in [-0.4, -0.2) is 4.98 Å². The summed E-state index contributed by atoms with van der Waals surface area (Å²) in [4.78, 5) is 17.2. The third-order valence-electron chi connectivity index (χ3n) is 4.69. The molecule has 1 N–H and O–H groups in total. The molecular formula is C23H16N2O2S. The number of hydrogen-bond donors (Lipinski definition) is 1. The number of nitrogens with zero attached hydrogens (tertiary/aromatic N) is 1. The minimum atomic E-state index is -0.379. The molecule has 0 unspecified atom stereocenters. The van der Waals surface area contributed by atoms with E-state index in [9.17, 15) is 4.79 Å². The normalized spacial score (nSPS) is 11.2. The van der Waals surface area contributed by atoms with Crippen molar-refractivity contribution in [3.63, 3.8) is 0 Å². The molecule has 28 heavy (non-hydrogen) atoms. The van der Waals surface area contributed by atoms with E-state index in [1.54, 1.807) is 0 Å². The molecule has 0 fully saturated rings. The highest BCUT2D eigenvalue weighted by Crippen LogP contribution is 2.30. The highest BCUT2D eigenvalue weighted by molar-refractivity contribution is 7.14. The third kappa shape index (κ3) is 2.96. The Bertz CT molecular complexity index is 1380. The number of fused-ring (bicyclic) bond motifs is 3. The van der Waals surface area contributed by atoms with Crippen molar-refractivity contribution in [3.8, 4) is 11.3 Å². The molecular weight excluding hydrogens is 368 g/mol. The number of aryl methyl sites for hydroxylation is 1. The molecule has 5 rings (SSSR count). The van der Waals surface area contributed by atoms with Crippen molar-refractivity contribution in [2.75, 3.05) is 5.32 Å². The first kappa shape index (κ1) is 16.7. The number of rotatable bonds is 3. The van der Waals surface area contributed by atoms with Gasteiger partial charge in [-0.3, -0.25) is 0 Å². The average Bonchev–Trinajstić information content (AvgIpc) is 3.15. The van der Waals surface area contributed by atoms with Crippen molar-refractivity contribution in [3.05, 3.63) is 88.1 Å². The minimum absolute atomic E-state index is 0.379. The molecule has 2 heterocycles. The minimum Gasteiger partial charge on any atom is -0.422 e. The Balaban J connectivity index is 1.59. The zero-order chi connectivity index (χ0) is 19.1. The van der Waals surface area contributed by atoms with E-state index in [-0.39, 0.29) is 5.63 Å². The number of benzene rings is 3. The lowest BCUT2D eigenvalue weighted by Gasteiger charge is -2.04. The molecule has 2 aromatic heterocycles. The Hall–Kier alpha value is -3.44. The van der Waals surface area contributed by atoms with Crippen LogP contribution in [-0.2, 0) is 0 Å². The molecule has 0 bridgehead atoms. The summed E-state index contributed by atoms with van der Waals surface area (Å²) in [5, 5.41) is 8.98. The largest absolute Gasteiger partial charge is 0.422 e. The SMILES string of the molecule is Cc1cccc(Nc2nc(-c3cc4c(ccc5ccccc54)oc3=O)cs2)c1. The molecule has 0 atom stereocenters. The molecule has 0 aliphatic rings. The summed E-state index contributed by atoms with van der Waals surface area (Å²) in [5.74, 6) is 0. The molecule has 5 aromatic rings. The van der Waals surface area contributed by atoms with E-state index < -0.39 is 0 Å². The molecule has 4 nitrogen and oxygen atoms in total. The smallest absolute Gasteiger partial charge is 0.345 e. The fourth-order valence-electron chi connectivity index (χ4n) is 3.35. The van der Waals surface area contributed by atoms with Crippen LogP contribution in [0.15, 0.2) is 81.3 Å². The summed E-state index contributed by atoms with van der Waals surface area (Å²) < 4.78 is 5.59. The van der Waals surface area contributed by atoms with Gasteiger partial charge in [-0.25, -0.2) is 9.78 Å². The molecule has 0 saturated heterocycles.